The zero-order valence-electron chi connectivity index (χ0n) is 13.0. The molecule has 3 aliphatic carbocycles. The summed E-state index contributed by atoms with van der Waals surface area (Å²) in [5.74, 6) is 0.941. The Morgan fingerprint density at radius 1 is 0.909 bits per heavy atom. The molecule has 0 heterocycles. The summed E-state index contributed by atoms with van der Waals surface area (Å²) >= 11 is 0. The number of allylic oxidation sites excluding steroid dienone is 2. The van der Waals surface area contributed by atoms with E-state index in [9.17, 15) is 0 Å². The number of benzene rings is 2. The van der Waals surface area contributed by atoms with E-state index in [-0.39, 0.29) is 0 Å². The summed E-state index contributed by atoms with van der Waals surface area (Å²) in [7, 11) is 0. The van der Waals surface area contributed by atoms with Crippen LogP contribution in [0.3, 0.4) is 0 Å². The van der Waals surface area contributed by atoms with Gasteiger partial charge in [0.2, 0.25) is 0 Å². The molecule has 5 rings (SSSR count). The molecular weight excluding hydrogens is 264 g/mol. The van der Waals surface area contributed by atoms with Gasteiger partial charge in [0.25, 0.3) is 0 Å². The van der Waals surface area contributed by atoms with Crippen LogP contribution in [0.1, 0.15) is 36.8 Å². The van der Waals surface area contributed by atoms with Gasteiger partial charge >= 0.3 is 0 Å². The standard InChI is InChI=1S/C22H22/c1-2-5-17(6-3-1)20-8-4-7-18-15-22(12-11-21(18)20)14-16-9-10-19(22)13-16/h1-9,19H,10-15H2. The Bertz CT molecular complexity index is 753. The highest BCUT2D eigenvalue weighted by Crippen LogP contribution is 2.58. The molecule has 2 bridgehead atoms. The van der Waals surface area contributed by atoms with Crippen molar-refractivity contribution in [2.24, 2.45) is 11.3 Å². The number of rotatable bonds is 1. The van der Waals surface area contributed by atoms with E-state index in [1.807, 2.05) is 0 Å². The summed E-state index contributed by atoms with van der Waals surface area (Å²) in [6.45, 7) is 0. The van der Waals surface area contributed by atoms with E-state index in [2.05, 4.69) is 54.6 Å². The fraction of sp³-hybridized carbons (Fsp3) is 0.364. The fourth-order valence-electron chi connectivity index (χ4n) is 5.32. The molecule has 0 N–H and O–H groups in total. The van der Waals surface area contributed by atoms with Gasteiger partial charge in [-0.15, -0.1) is 0 Å². The minimum Gasteiger partial charge on any atom is -0.0850 e. The molecular formula is C22H22. The van der Waals surface area contributed by atoms with E-state index in [1.165, 1.54) is 49.7 Å². The molecule has 0 aliphatic heterocycles. The first-order valence-corrected chi connectivity index (χ1v) is 8.68. The van der Waals surface area contributed by atoms with Gasteiger partial charge in [-0.3, -0.25) is 0 Å². The Balaban J connectivity index is 1.56. The minimum atomic E-state index is 0.604. The van der Waals surface area contributed by atoms with Crippen LogP contribution in [-0.4, -0.2) is 0 Å². The first kappa shape index (κ1) is 12.7. The third kappa shape index (κ3) is 1.76. The molecule has 0 radical (unpaired) electrons. The van der Waals surface area contributed by atoms with Gasteiger partial charge in [0.1, 0.15) is 0 Å². The van der Waals surface area contributed by atoms with Crippen LogP contribution in [-0.2, 0) is 12.8 Å². The Labute approximate surface area is 132 Å². The summed E-state index contributed by atoms with van der Waals surface area (Å²) in [6.07, 6.45) is 10.6. The number of fused-ring (bicyclic) bond motifs is 4. The monoisotopic (exact) mass is 286 g/mol. The van der Waals surface area contributed by atoms with Gasteiger partial charge in [-0.2, -0.15) is 0 Å². The van der Waals surface area contributed by atoms with Gasteiger partial charge in [0.15, 0.2) is 0 Å². The second-order valence-electron chi connectivity index (χ2n) is 7.52. The summed E-state index contributed by atoms with van der Waals surface area (Å²) in [5, 5.41) is 0. The number of hydrogen-bond donors (Lipinski definition) is 0. The summed E-state index contributed by atoms with van der Waals surface area (Å²) in [5.41, 5.74) is 8.46. The van der Waals surface area contributed by atoms with Gasteiger partial charge in [-0.25, -0.2) is 0 Å². The largest absolute Gasteiger partial charge is 0.0850 e. The lowest BCUT2D eigenvalue weighted by Gasteiger charge is -2.41. The normalized spacial score (nSPS) is 28.7. The van der Waals surface area contributed by atoms with Crippen molar-refractivity contribution in [1.82, 2.24) is 0 Å². The predicted molar refractivity (Wildman–Crippen MR) is 91.8 cm³/mol. The van der Waals surface area contributed by atoms with Crippen LogP contribution in [0, 0.1) is 11.3 Å². The van der Waals surface area contributed by atoms with Gasteiger partial charge in [0, 0.05) is 0 Å². The lowest BCUT2D eigenvalue weighted by atomic mass is 9.63. The van der Waals surface area contributed by atoms with E-state index < -0.39 is 0 Å². The summed E-state index contributed by atoms with van der Waals surface area (Å²) in [6, 6.07) is 17.9. The van der Waals surface area contributed by atoms with Crippen LogP contribution in [0.15, 0.2) is 60.2 Å². The predicted octanol–water partition coefficient (Wildman–Crippen LogP) is 5.57. The van der Waals surface area contributed by atoms with Gasteiger partial charge in [0.05, 0.1) is 0 Å². The highest BCUT2D eigenvalue weighted by molar-refractivity contribution is 5.69. The maximum Gasteiger partial charge on any atom is -0.0149 e. The van der Waals surface area contributed by atoms with Crippen LogP contribution in [0.5, 0.6) is 0 Å². The molecule has 0 nitrogen and oxygen atoms in total. The van der Waals surface area contributed by atoms with Crippen molar-refractivity contribution < 1.29 is 0 Å². The Morgan fingerprint density at radius 2 is 1.82 bits per heavy atom. The second kappa shape index (κ2) is 4.59. The average molecular weight is 286 g/mol. The van der Waals surface area contributed by atoms with E-state index in [4.69, 9.17) is 0 Å². The number of hydrogen-bond acceptors (Lipinski definition) is 0. The topological polar surface area (TPSA) is 0 Å². The van der Waals surface area contributed by atoms with Gasteiger partial charge in [-0.05, 0) is 72.1 Å². The van der Waals surface area contributed by atoms with E-state index in [0.29, 0.717) is 5.41 Å². The van der Waals surface area contributed by atoms with Crippen LogP contribution < -0.4 is 0 Å². The van der Waals surface area contributed by atoms with Crippen LogP contribution in [0.2, 0.25) is 0 Å². The summed E-state index contributed by atoms with van der Waals surface area (Å²) in [4.78, 5) is 0. The molecule has 3 aliphatic rings. The Kier molecular flexibility index (Phi) is 2.65. The SMILES string of the molecule is C1=C2CC(C1)C1(CCc3c(cccc3-c3ccccc3)C1)C2. The van der Waals surface area contributed by atoms with Crippen molar-refractivity contribution in [3.05, 3.63) is 71.3 Å². The van der Waals surface area contributed by atoms with Crippen LogP contribution >= 0.6 is 0 Å². The van der Waals surface area contributed by atoms with Crippen LogP contribution in [0.25, 0.3) is 11.1 Å². The zero-order chi connectivity index (χ0) is 14.6. The molecule has 1 spiro atoms. The van der Waals surface area contributed by atoms with Crippen molar-refractivity contribution in [2.45, 2.75) is 38.5 Å². The fourth-order valence-corrected chi connectivity index (χ4v) is 5.32. The molecule has 22 heavy (non-hydrogen) atoms. The molecule has 2 aromatic carbocycles. The van der Waals surface area contributed by atoms with E-state index in [1.54, 1.807) is 16.7 Å². The van der Waals surface area contributed by atoms with Crippen molar-refractivity contribution in [3.63, 3.8) is 0 Å². The molecule has 0 heteroatoms. The molecule has 1 fully saturated rings. The molecule has 2 unspecified atom stereocenters. The molecule has 0 amide bonds. The minimum absolute atomic E-state index is 0.604. The average Bonchev–Trinajstić information content (AvgIpc) is 3.16. The van der Waals surface area contributed by atoms with Crippen molar-refractivity contribution in [1.29, 1.82) is 0 Å². The zero-order valence-corrected chi connectivity index (χ0v) is 13.0. The Hall–Kier alpha value is -1.82. The molecule has 1 saturated carbocycles. The second-order valence-corrected chi connectivity index (χ2v) is 7.52. The molecule has 110 valence electrons. The maximum atomic E-state index is 2.52. The Morgan fingerprint density at radius 3 is 2.59 bits per heavy atom. The molecule has 2 atom stereocenters. The summed E-state index contributed by atoms with van der Waals surface area (Å²) < 4.78 is 0. The first-order chi connectivity index (χ1) is 10.8. The van der Waals surface area contributed by atoms with Gasteiger partial charge in [-0.1, -0.05) is 60.2 Å². The van der Waals surface area contributed by atoms with Gasteiger partial charge < -0.3 is 0 Å². The molecule has 0 saturated heterocycles. The van der Waals surface area contributed by atoms with E-state index >= 15 is 0 Å². The maximum absolute atomic E-state index is 2.52. The van der Waals surface area contributed by atoms with Crippen molar-refractivity contribution in [3.8, 4) is 11.1 Å². The molecule has 0 aromatic heterocycles. The third-order valence-corrected chi connectivity index (χ3v) is 6.42. The lowest BCUT2D eigenvalue weighted by Crippen LogP contribution is -2.33. The first-order valence-electron chi connectivity index (χ1n) is 8.68. The smallest absolute Gasteiger partial charge is 0.0149 e. The van der Waals surface area contributed by atoms with Crippen molar-refractivity contribution >= 4 is 0 Å². The highest BCUT2D eigenvalue weighted by atomic mass is 14.5. The van der Waals surface area contributed by atoms with Crippen LogP contribution in [0.4, 0.5) is 0 Å². The highest BCUT2D eigenvalue weighted by Gasteiger charge is 2.48. The third-order valence-electron chi connectivity index (χ3n) is 6.42. The lowest BCUT2D eigenvalue weighted by molar-refractivity contribution is 0.169. The van der Waals surface area contributed by atoms with Crippen molar-refractivity contribution in [2.75, 3.05) is 0 Å². The molecule has 2 aromatic rings. The quantitative estimate of drug-likeness (QED) is 0.601. The van der Waals surface area contributed by atoms with E-state index in [0.717, 1.165) is 5.92 Å².